The fourth-order valence-corrected chi connectivity index (χ4v) is 1.78. The summed E-state index contributed by atoms with van der Waals surface area (Å²) in [5, 5.41) is 27.6. The molecule has 0 fully saturated rings. The summed E-state index contributed by atoms with van der Waals surface area (Å²) in [4.78, 5) is 10.6. The van der Waals surface area contributed by atoms with Crippen molar-refractivity contribution in [3.8, 4) is 11.5 Å². The van der Waals surface area contributed by atoms with Gasteiger partial charge in [-0.25, -0.2) is 4.79 Å². The molecule has 1 aromatic rings. The lowest BCUT2D eigenvalue weighted by Gasteiger charge is -2.18. The van der Waals surface area contributed by atoms with Crippen molar-refractivity contribution in [1.29, 1.82) is 0 Å². The first-order valence-corrected chi connectivity index (χ1v) is 5.31. The van der Waals surface area contributed by atoms with Gasteiger partial charge in [-0.2, -0.15) is 0 Å². The van der Waals surface area contributed by atoms with Gasteiger partial charge in [0.2, 0.25) is 0 Å². The lowest BCUT2D eigenvalue weighted by molar-refractivity contribution is -0.153. The summed E-state index contributed by atoms with van der Waals surface area (Å²) >= 11 is 5.97. The van der Waals surface area contributed by atoms with E-state index in [1.54, 1.807) is 0 Å². The average Bonchev–Trinajstić information content (AvgIpc) is 2.36. The van der Waals surface area contributed by atoms with Crippen molar-refractivity contribution in [2.24, 2.45) is 0 Å². The number of hydrogen-bond acceptors (Lipinski definition) is 5. The summed E-state index contributed by atoms with van der Waals surface area (Å²) in [6.45, 7) is 0. The van der Waals surface area contributed by atoms with Crippen LogP contribution in [0.3, 0.4) is 0 Å². The van der Waals surface area contributed by atoms with Crippen LogP contribution in [0.4, 0.5) is 0 Å². The van der Waals surface area contributed by atoms with Gasteiger partial charge in [-0.05, 0) is 6.07 Å². The van der Waals surface area contributed by atoms with Gasteiger partial charge in [0.1, 0.15) is 6.10 Å². The SMILES string of the molecule is COc1ccc(C(O)C(O)C(=O)O)c(Cl)c1OC. The van der Waals surface area contributed by atoms with Crippen LogP contribution in [0.5, 0.6) is 11.5 Å². The minimum Gasteiger partial charge on any atom is -0.493 e. The van der Waals surface area contributed by atoms with Crippen LogP contribution in [0, 0.1) is 0 Å². The van der Waals surface area contributed by atoms with Crippen molar-refractivity contribution in [2.75, 3.05) is 14.2 Å². The van der Waals surface area contributed by atoms with Crippen LogP contribution in [-0.2, 0) is 4.79 Å². The smallest absolute Gasteiger partial charge is 0.335 e. The van der Waals surface area contributed by atoms with Crippen molar-refractivity contribution in [3.05, 3.63) is 22.7 Å². The summed E-state index contributed by atoms with van der Waals surface area (Å²) in [6, 6.07) is 2.82. The van der Waals surface area contributed by atoms with Gasteiger partial charge >= 0.3 is 5.97 Å². The molecule has 0 aliphatic rings. The predicted molar refractivity (Wildman–Crippen MR) is 63.2 cm³/mol. The largest absolute Gasteiger partial charge is 0.493 e. The highest BCUT2D eigenvalue weighted by Gasteiger charge is 2.28. The molecule has 0 radical (unpaired) electrons. The Morgan fingerprint density at radius 2 is 1.89 bits per heavy atom. The lowest BCUT2D eigenvalue weighted by Crippen LogP contribution is -2.27. The number of rotatable bonds is 5. The normalized spacial score (nSPS) is 13.8. The maximum atomic E-state index is 10.6. The van der Waals surface area contributed by atoms with Gasteiger partial charge in [0.15, 0.2) is 17.6 Å². The number of carboxylic acid groups (broad SMARTS) is 1. The quantitative estimate of drug-likeness (QED) is 0.737. The Kier molecular flexibility index (Phi) is 4.77. The van der Waals surface area contributed by atoms with E-state index in [0.29, 0.717) is 5.75 Å². The number of carbonyl (C=O) groups is 1. The molecule has 0 heterocycles. The molecule has 1 rings (SSSR count). The van der Waals surface area contributed by atoms with E-state index >= 15 is 0 Å². The Morgan fingerprint density at radius 1 is 1.28 bits per heavy atom. The molecule has 0 bridgehead atoms. The average molecular weight is 277 g/mol. The Balaban J connectivity index is 3.22. The highest BCUT2D eigenvalue weighted by molar-refractivity contribution is 6.33. The van der Waals surface area contributed by atoms with Crippen molar-refractivity contribution in [3.63, 3.8) is 0 Å². The monoisotopic (exact) mass is 276 g/mol. The third-order valence-electron chi connectivity index (χ3n) is 2.39. The second kappa shape index (κ2) is 5.90. The summed E-state index contributed by atoms with van der Waals surface area (Å²) in [5.74, 6) is -1.05. The Morgan fingerprint density at radius 3 is 2.33 bits per heavy atom. The van der Waals surface area contributed by atoms with E-state index in [-0.39, 0.29) is 16.3 Å². The maximum absolute atomic E-state index is 10.6. The molecule has 100 valence electrons. The summed E-state index contributed by atoms with van der Waals surface area (Å²) in [7, 11) is 2.77. The summed E-state index contributed by atoms with van der Waals surface area (Å²) in [5.41, 5.74) is 0.0456. The molecule has 0 aliphatic heterocycles. The molecule has 18 heavy (non-hydrogen) atoms. The van der Waals surface area contributed by atoms with Crippen LogP contribution in [0.15, 0.2) is 12.1 Å². The maximum Gasteiger partial charge on any atom is 0.335 e. The van der Waals surface area contributed by atoms with E-state index in [2.05, 4.69) is 0 Å². The molecule has 0 spiro atoms. The van der Waals surface area contributed by atoms with Crippen LogP contribution in [0.1, 0.15) is 11.7 Å². The van der Waals surface area contributed by atoms with Gasteiger partial charge in [0.25, 0.3) is 0 Å². The zero-order valence-electron chi connectivity index (χ0n) is 9.75. The molecule has 0 saturated heterocycles. The van der Waals surface area contributed by atoms with Crippen molar-refractivity contribution < 1.29 is 29.6 Å². The molecule has 0 aromatic heterocycles. The molecule has 7 heteroatoms. The molecule has 0 aliphatic carbocycles. The van der Waals surface area contributed by atoms with Gasteiger partial charge in [-0.15, -0.1) is 0 Å². The van der Waals surface area contributed by atoms with Gasteiger partial charge in [-0.1, -0.05) is 17.7 Å². The van der Waals surface area contributed by atoms with E-state index in [1.807, 2.05) is 0 Å². The van der Waals surface area contributed by atoms with Crippen molar-refractivity contribution >= 4 is 17.6 Å². The highest BCUT2D eigenvalue weighted by atomic mass is 35.5. The summed E-state index contributed by atoms with van der Waals surface area (Å²) in [6.07, 6.45) is -3.63. The molecule has 2 unspecified atom stereocenters. The molecule has 0 amide bonds. The zero-order valence-corrected chi connectivity index (χ0v) is 10.5. The van der Waals surface area contributed by atoms with Crippen LogP contribution in [-0.4, -0.2) is 41.6 Å². The number of aliphatic hydroxyl groups excluding tert-OH is 2. The first-order chi connectivity index (χ1) is 8.43. The third-order valence-corrected chi connectivity index (χ3v) is 2.78. The van der Waals surface area contributed by atoms with E-state index < -0.39 is 18.2 Å². The number of methoxy groups -OCH3 is 2. The minimum atomic E-state index is -1.97. The predicted octanol–water partition coefficient (Wildman–Crippen LogP) is 0.836. The second-order valence-corrected chi connectivity index (χ2v) is 3.81. The fraction of sp³-hybridized carbons (Fsp3) is 0.364. The highest BCUT2D eigenvalue weighted by Crippen LogP contribution is 2.40. The van der Waals surface area contributed by atoms with E-state index in [4.69, 9.17) is 26.2 Å². The molecule has 6 nitrogen and oxygen atoms in total. The van der Waals surface area contributed by atoms with Crippen LogP contribution >= 0.6 is 11.6 Å². The molecular weight excluding hydrogens is 264 g/mol. The van der Waals surface area contributed by atoms with Crippen molar-refractivity contribution in [2.45, 2.75) is 12.2 Å². The number of ether oxygens (including phenoxy) is 2. The molecule has 3 N–H and O–H groups in total. The van der Waals surface area contributed by atoms with E-state index in [0.717, 1.165) is 0 Å². The molecule has 0 saturated carbocycles. The Bertz CT molecular complexity index is 447. The standard InChI is InChI=1S/C11H13ClO6/c1-17-6-4-3-5(7(12)10(6)18-2)8(13)9(14)11(15)16/h3-4,8-9,13-14H,1-2H3,(H,15,16). The van der Waals surface area contributed by atoms with Crippen LogP contribution in [0.2, 0.25) is 5.02 Å². The number of benzene rings is 1. The topological polar surface area (TPSA) is 96.2 Å². The first kappa shape index (κ1) is 14.6. The van der Waals surface area contributed by atoms with E-state index in [9.17, 15) is 15.0 Å². The van der Waals surface area contributed by atoms with Crippen LogP contribution < -0.4 is 9.47 Å². The number of carboxylic acids is 1. The van der Waals surface area contributed by atoms with Gasteiger partial charge in [0, 0.05) is 5.56 Å². The second-order valence-electron chi connectivity index (χ2n) is 3.43. The molecule has 1 aromatic carbocycles. The minimum absolute atomic E-state index is 0.00958. The molecule has 2 atom stereocenters. The van der Waals surface area contributed by atoms with Crippen LogP contribution in [0.25, 0.3) is 0 Å². The molecular formula is C11H13ClO6. The Hall–Kier alpha value is -1.50. The number of halogens is 1. The van der Waals surface area contributed by atoms with Crippen molar-refractivity contribution in [1.82, 2.24) is 0 Å². The number of hydrogen-bond donors (Lipinski definition) is 3. The zero-order chi connectivity index (χ0) is 13.9. The van der Waals surface area contributed by atoms with Gasteiger partial charge in [0.05, 0.1) is 19.2 Å². The first-order valence-electron chi connectivity index (χ1n) is 4.93. The lowest BCUT2D eigenvalue weighted by atomic mass is 10.0. The number of aliphatic hydroxyl groups is 2. The third kappa shape index (κ3) is 2.66. The summed E-state index contributed by atoms with van der Waals surface area (Å²) < 4.78 is 9.99. The van der Waals surface area contributed by atoms with Gasteiger partial charge in [-0.3, -0.25) is 0 Å². The fourth-order valence-electron chi connectivity index (χ4n) is 1.44. The van der Waals surface area contributed by atoms with Gasteiger partial charge < -0.3 is 24.8 Å². The van der Waals surface area contributed by atoms with E-state index in [1.165, 1.54) is 26.4 Å². The Labute approximate surface area is 108 Å². The number of aliphatic carboxylic acids is 1.